The van der Waals surface area contributed by atoms with E-state index < -0.39 is 0 Å². The Kier molecular flexibility index (Phi) is 3.57. The number of benzene rings is 1. The van der Waals surface area contributed by atoms with Gasteiger partial charge in [0.05, 0.1) is 0 Å². The molecule has 1 aromatic carbocycles. The van der Waals surface area contributed by atoms with Crippen LogP contribution >= 0.6 is 0 Å². The number of pyridine rings is 1. The van der Waals surface area contributed by atoms with Crippen molar-refractivity contribution in [2.75, 3.05) is 0 Å². The minimum absolute atomic E-state index is 0.185. The summed E-state index contributed by atoms with van der Waals surface area (Å²) in [4.78, 5) is 25.7. The quantitative estimate of drug-likeness (QED) is 0.859. The normalized spacial score (nSPS) is 10.1. The predicted octanol–water partition coefficient (Wildman–Crippen LogP) is 1.61. The van der Waals surface area contributed by atoms with E-state index in [1.54, 1.807) is 0 Å². The van der Waals surface area contributed by atoms with Crippen LogP contribution in [0.1, 0.15) is 21.6 Å². The van der Waals surface area contributed by atoms with Gasteiger partial charge in [-0.1, -0.05) is 24.3 Å². The molecule has 0 atom stereocenters. The molecular weight excluding hydrogens is 228 g/mol. The van der Waals surface area contributed by atoms with Crippen LogP contribution in [0.25, 0.3) is 0 Å². The minimum Gasteiger partial charge on any atom is -0.357 e. The van der Waals surface area contributed by atoms with E-state index in [9.17, 15) is 9.59 Å². The number of carbonyl (C=O) groups is 1. The lowest BCUT2D eigenvalue weighted by Crippen LogP contribution is -2.25. The molecule has 0 radical (unpaired) electrons. The fraction of sp³-hybridized carbons (Fsp3) is 0.143. The first-order valence-corrected chi connectivity index (χ1v) is 5.68. The summed E-state index contributed by atoms with van der Waals surface area (Å²) in [6, 6.07) is 10.5. The summed E-state index contributed by atoms with van der Waals surface area (Å²) in [7, 11) is 0. The SMILES string of the molecule is Cc1ccccc1CNC(=O)c1cc(=O)cc[nH]1. The third kappa shape index (κ3) is 2.85. The highest BCUT2D eigenvalue weighted by Crippen LogP contribution is 2.06. The summed E-state index contributed by atoms with van der Waals surface area (Å²) in [6.45, 7) is 2.44. The molecule has 2 N–H and O–H groups in total. The van der Waals surface area contributed by atoms with Crippen molar-refractivity contribution in [3.05, 3.63) is 69.6 Å². The maximum absolute atomic E-state index is 11.8. The van der Waals surface area contributed by atoms with Crippen molar-refractivity contribution in [2.24, 2.45) is 0 Å². The first-order chi connectivity index (χ1) is 8.66. The van der Waals surface area contributed by atoms with Gasteiger partial charge < -0.3 is 10.3 Å². The minimum atomic E-state index is -0.282. The van der Waals surface area contributed by atoms with Gasteiger partial charge in [0.15, 0.2) is 5.43 Å². The van der Waals surface area contributed by atoms with Crippen molar-refractivity contribution < 1.29 is 4.79 Å². The van der Waals surface area contributed by atoms with E-state index in [-0.39, 0.29) is 17.0 Å². The summed E-state index contributed by atoms with van der Waals surface area (Å²) >= 11 is 0. The van der Waals surface area contributed by atoms with Crippen LogP contribution in [0.15, 0.2) is 47.4 Å². The molecule has 1 amide bonds. The molecular formula is C14H14N2O2. The third-order valence-electron chi connectivity index (χ3n) is 2.72. The average molecular weight is 242 g/mol. The molecule has 1 heterocycles. The Labute approximate surface area is 105 Å². The summed E-state index contributed by atoms with van der Waals surface area (Å²) in [5.74, 6) is -0.282. The fourth-order valence-corrected chi connectivity index (χ4v) is 1.66. The molecule has 18 heavy (non-hydrogen) atoms. The fourth-order valence-electron chi connectivity index (χ4n) is 1.66. The standard InChI is InChI=1S/C14H14N2O2/c1-10-4-2-3-5-11(10)9-16-14(18)13-8-12(17)6-7-15-13/h2-8H,9H2,1H3,(H,15,17)(H,16,18). The molecule has 92 valence electrons. The van der Waals surface area contributed by atoms with Crippen LogP contribution in [-0.2, 0) is 6.54 Å². The Bertz CT molecular complexity index is 617. The monoisotopic (exact) mass is 242 g/mol. The van der Waals surface area contributed by atoms with E-state index in [1.165, 1.54) is 18.3 Å². The highest BCUT2D eigenvalue weighted by atomic mass is 16.2. The molecule has 2 aromatic rings. The van der Waals surface area contributed by atoms with E-state index in [4.69, 9.17) is 0 Å². The van der Waals surface area contributed by atoms with Gasteiger partial charge in [0, 0.05) is 24.9 Å². The van der Waals surface area contributed by atoms with Gasteiger partial charge in [0.1, 0.15) is 5.69 Å². The summed E-state index contributed by atoms with van der Waals surface area (Å²) in [5, 5.41) is 2.77. The average Bonchev–Trinajstić information content (AvgIpc) is 2.37. The molecule has 2 rings (SSSR count). The van der Waals surface area contributed by atoms with Crippen molar-refractivity contribution in [3.8, 4) is 0 Å². The second-order valence-corrected chi connectivity index (χ2v) is 4.05. The highest BCUT2D eigenvalue weighted by Gasteiger charge is 2.06. The molecule has 0 fully saturated rings. The maximum Gasteiger partial charge on any atom is 0.268 e. The van der Waals surface area contributed by atoms with Crippen LogP contribution in [0.3, 0.4) is 0 Å². The third-order valence-corrected chi connectivity index (χ3v) is 2.72. The van der Waals surface area contributed by atoms with Gasteiger partial charge >= 0.3 is 0 Å². The zero-order valence-electron chi connectivity index (χ0n) is 10.1. The highest BCUT2D eigenvalue weighted by molar-refractivity contribution is 5.92. The van der Waals surface area contributed by atoms with Gasteiger partial charge in [-0.15, -0.1) is 0 Å². The van der Waals surface area contributed by atoms with Gasteiger partial charge in [-0.05, 0) is 18.1 Å². The van der Waals surface area contributed by atoms with Gasteiger partial charge in [-0.3, -0.25) is 9.59 Å². The number of nitrogens with one attached hydrogen (secondary N) is 2. The number of hydrogen-bond donors (Lipinski definition) is 2. The van der Waals surface area contributed by atoms with Crippen LogP contribution < -0.4 is 10.7 Å². The molecule has 0 aliphatic heterocycles. The summed E-state index contributed by atoms with van der Waals surface area (Å²) < 4.78 is 0. The lowest BCUT2D eigenvalue weighted by atomic mass is 10.1. The molecule has 0 unspecified atom stereocenters. The molecule has 4 nitrogen and oxygen atoms in total. The largest absolute Gasteiger partial charge is 0.357 e. The predicted molar refractivity (Wildman–Crippen MR) is 69.4 cm³/mol. The summed E-state index contributed by atoms with van der Waals surface area (Å²) in [6.07, 6.45) is 1.46. The Morgan fingerprint density at radius 1 is 1.28 bits per heavy atom. The molecule has 4 heteroatoms. The molecule has 0 aliphatic rings. The second kappa shape index (κ2) is 5.31. The number of aryl methyl sites for hydroxylation is 1. The lowest BCUT2D eigenvalue weighted by Gasteiger charge is -2.07. The van der Waals surface area contributed by atoms with Gasteiger partial charge in [-0.25, -0.2) is 0 Å². The number of carbonyl (C=O) groups excluding carboxylic acids is 1. The first-order valence-electron chi connectivity index (χ1n) is 5.68. The Morgan fingerprint density at radius 3 is 2.78 bits per heavy atom. The van der Waals surface area contributed by atoms with Crippen molar-refractivity contribution in [2.45, 2.75) is 13.5 Å². The second-order valence-electron chi connectivity index (χ2n) is 4.05. The number of aromatic nitrogens is 1. The van der Waals surface area contributed by atoms with E-state index in [0.29, 0.717) is 6.54 Å². The van der Waals surface area contributed by atoms with E-state index >= 15 is 0 Å². The van der Waals surface area contributed by atoms with E-state index in [2.05, 4.69) is 10.3 Å². The number of rotatable bonds is 3. The van der Waals surface area contributed by atoms with Crippen LogP contribution in [0.2, 0.25) is 0 Å². The summed E-state index contributed by atoms with van der Waals surface area (Å²) in [5.41, 5.74) is 2.27. The molecule has 1 aromatic heterocycles. The van der Waals surface area contributed by atoms with Crippen molar-refractivity contribution in [3.63, 3.8) is 0 Å². The Balaban J connectivity index is 2.05. The maximum atomic E-state index is 11.8. The molecule has 0 saturated heterocycles. The molecule has 0 saturated carbocycles. The number of amides is 1. The van der Waals surface area contributed by atoms with Crippen LogP contribution in [0.5, 0.6) is 0 Å². The van der Waals surface area contributed by atoms with Crippen molar-refractivity contribution >= 4 is 5.91 Å². The number of aromatic amines is 1. The number of hydrogen-bond acceptors (Lipinski definition) is 2. The molecule has 0 aliphatic carbocycles. The smallest absolute Gasteiger partial charge is 0.268 e. The van der Waals surface area contributed by atoms with Crippen LogP contribution in [0, 0.1) is 6.92 Å². The van der Waals surface area contributed by atoms with Gasteiger partial charge in [0.25, 0.3) is 5.91 Å². The zero-order chi connectivity index (χ0) is 13.0. The topological polar surface area (TPSA) is 62.0 Å². The zero-order valence-corrected chi connectivity index (χ0v) is 10.1. The van der Waals surface area contributed by atoms with Crippen LogP contribution in [-0.4, -0.2) is 10.9 Å². The lowest BCUT2D eigenvalue weighted by molar-refractivity contribution is 0.0946. The Morgan fingerprint density at radius 2 is 2.06 bits per heavy atom. The van der Waals surface area contributed by atoms with E-state index in [0.717, 1.165) is 11.1 Å². The molecule has 0 spiro atoms. The molecule has 0 bridgehead atoms. The first kappa shape index (κ1) is 12.1. The van der Waals surface area contributed by atoms with E-state index in [1.807, 2.05) is 31.2 Å². The van der Waals surface area contributed by atoms with Gasteiger partial charge in [-0.2, -0.15) is 0 Å². The number of H-pyrrole nitrogens is 1. The van der Waals surface area contributed by atoms with Crippen LogP contribution in [0.4, 0.5) is 0 Å². The van der Waals surface area contributed by atoms with Crippen molar-refractivity contribution in [1.29, 1.82) is 0 Å². The van der Waals surface area contributed by atoms with Crippen molar-refractivity contribution in [1.82, 2.24) is 10.3 Å². The van der Waals surface area contributed by atoms with Gasteiger partial charge in [0.2, 0.25) is 0 Å². The Hall–Kier alpha value is -2.36.